The summed E-state index contributed by atoms with van der Waals surface area (Å²) in [5.41, 5.74) is 4.55. The highest BCUT2D eigenvalue weighted by Gasteiger charge is 2.24. The van der Waals surface area contributed by atoms with Gasteiger partial charge in [-0.2, -0.15) is 0 Å². The number of anilines is 2. The van der Waals surface area contributed by atoms with Crippen LogP contribution in [0.25, 0.3) is 11.6 Å². The Morgan fingerprint density at radius 2 is 1.87 bits per heavy atom. The normalized spacial score (nSPS) is 13.6. The molecule has 8 nitrogen and oxygen atoms in total. The maximum atomic E-state index is 12.3. The number of hydrogen-bond acceptors (Lipinski definition) is 4. The average molecular weight is 415 g/mol. The number of benzene rings is 2. The second kappa shape index (κ2) is 8.68. The van der Waals surface area contributed by atoms with E-state index < -0.39 is 11.9 Å². The van der Waals surface area contributed by atoms with Gasteiger partial charge in [0.15, 0.2) is 0 Å². The highest BCUT2D eigenvalue weighted by molar-refractivity contribution is 6.35. The third-order valence-electron chi connectivity index (χ3n) is 4.81. The van der Waals surface area contributed by atoms with Crippen molar-refractivity contribution in [3.8, 4) is 0 Å². The Balaban J connectivity index is 1.42. The Hall–Kier alpha value is -4.17. The number of imide groups is 1. The Bertz CT molecular complexity index is 1160. The van der Waals surface area contributed by atoms with Gasteiger partial charge in [0.2, 0.25) is 0 Å². The molecule has 0 spiro atoms. The Kier molecular flexibility index (Phi) is 5.63. The number of urea groups is 1. The summed E-state index contributed by atoms with van der Waals surface area (Å²) in [5, 5.41) is 10.7. The van der Waals surface area contributed by atoms with Gasteiger partial charge < -0.3 is 20.9 Å². The molecule has 1 aliphatic heterocycles. The maximum absolute atomic E-state index is 12.3. The van der Waals surface area contributed by atoms with Gasteiger partial charge in [0.25, 0.3) is 11.8 Å². The lowest BCUT2D eigenvalue weighted by Gasteiger charge is -2.09. The zero-order chi connectivity index (χ0) is 21.8. The number of aromatic nitrogens is 1. The molecule has 2 heterocycles. The van der Waals surface area contributed by atoms with Crippen molar-refractivity contribution < 1.29 is 14.4 Å². The summed E-state index contributed by atoms with van der Waals surface area (Å²) < 4.78 is 0. The molecular weight excluding hydrogens is 394 g/mol. The van der Waals surface area contributed by atoms with Gasteiger partial charge in [-0.15, -0.1) is 0 Å². The molecule has 0 saturated heterocycles. The van der Waals surface area contributed by atoms with Crippen molar-refractivity contribution >= 4 is 40.9 Å². The number of carbonyl (C=O) groups excluding carboxylic acids is 3. The largest absolute Gasteiger partial charge is 0.362 e. The van der Waals surface area contributed by atoms with Gasteiger partial charge >= 0.3 is 6.03 Å². The van der Waals surface area contributed by atoms with Gasteiger partial charge in [0.05, 0.1) is 11.3 Å². The van der Waals surface area contributed by atoms with Gasteiger partial charge in [-0.1, -0.05) is 18.2 Å². The molecule has 0 fully saturated rings. The van der Waals surface area contributed by atoms with Crippen LogP contribution in [-0.2, 0) is 11.3 Å². The summed E-state index contributed by atoms with van der Waals surface area (Å²) in [7, 11) is 1.84. The van der Waals surface area contributed by atoms with Crippen molar-refractivity contribution in [2.24, 2.45) is 0 Å². The van der Waals surface area contributed by atoms with Crippen LogP contribution in [0.2, 0.25) is 0 Å². The van der Waals surface area contributed by atoms with E-state index in [4.69, 9.17) is 0 Å². The van der Waals surface area contributed by atoms with E-state index in [0.717, 1.165) is 16.8 Å². The van der Waals surface area contributed by atoms with Crippen LogP contribution in [0.4, 0.5) is 16.2 Å². The summed E-state index contributed by atoms with van der Waals surface area (Å²) in [4.78, 5) is 39.9. The monoisotopic (exact) mass is 415 g/mol. The van der Waals surface area contributed by atoms with Crippen molar-refractivity contribution in [2.75, 3.05) is 17.7 Å². The van der Waals surface area contributed by atoms with Gasteiger partial charge in [-0.05, 0) is 55.1 Å². The molecule has 0 radical (unpaired) electrons. The number of nitrogens with one attached hydrogen (secondary N) is 5. The SMILES string of the molecule is CNCc1ccc(C(=O)NC(=O)Nc2ccc3c(c2)NC(=O)/C3=C\c2ccc[nH]2)cc1. The van der Waals surface area contributed by atoms with Gasteiger partial charge in [-0.25, -0.2) is 4.79 Å². The number of H-pyrrole nitrogens is 1. The Morgan fingerprint density at radius 3 is 2.58 bits per heavy atom. The zero-order valence-electron chi connectivity index (χ0n) is 16.8. The van der Waals surface area contributed by atoms with Crippen molar-refractivity contribution in [3.63, 3.8) is 0 Å². The fourth-order valence-corrected chi connectivity index (χ4v) is 3.32. The van der Waals surface area contributed by atoms with Crippen molar-refractivity contribution in [1.82, 2.24) is 15.6 Å². The van der Waals surface area contributed by atoms with Crippen LogP contribution in [0, 0.1) is 0 Å². The van der Waals surface area contributed by atoms with E-state index >= 15 is 0 Å². The molecule has 156 valence electrons. The van der Waals surface area contributed by atoms with Crippen LogP contribution in [0.3, 0.4) is 0 Å². The molecule has 0 unspecified atom stereocenters. The first-order valence-corrected chi connectivity index (χ1v) is 9.70. The van der Waals surface area contributed by atoms with Crippen LogP contribution < -0.4 is 21.3 Å². The lowest BCUT2D eigenvalue weighted by Crippen LogP contribution is -2.34. The number of hydrogen-bond donors (Lipinski definition) is 5. The van der Waals surface area contributed by atoms with E-state index in [9.17, 15) is 14.4 Å². The minimum atomic E-state index is -0.657. The molecule has 0 bridgehead atoms. The second-order valence-corrected chi connectivity index (χ2v) is 7.03. The molecule has 1 aliphatic rings. The lowest BCUT2D eigenvalue weighted by atomic mass is 10.1. The van der Waals surface area contributed by atoms with Crippen LogP contribution >= 0.6 is 0 Å². The molecular formula is C23H21N5O3. The van der Waals surface area contributed by atoms with Gasteiger partial charge in [0, 0.05) is 35.2 Å². The molecule has 0 saturated carbocycles. The van der Waals surface area contributed by atoms with Gasteiger partial charge in [-0.3, -0.25) is 14.9 Å². The van der Waals surface area contributed by atoms with Crippen molar-refractivity contribution in [3.05, 3.63) is 83.2 Å². The first kappa shape index (κ1) is 20.1. The van der Waals surface area contributed by atoms with E-state index in [1.807, 2.05) is 31.3 Å². The highest BCUT2D eigenvalue weighted by Crippen LogP contribution is 2.34. The quantitative estimate of drug-likeness (QED) is 0.412. The van der Waals surface area contributed by atoms with E-state index in [-0.39, 0.29) is 5.91 Å². The zero-order valence-corrected chi connectivity index (χ0v) is 16.8. The summed E-state index contributed by atoms with van der Waals surface area (Å²) in [5.74, 6) is -0.720. The van der Waals surface area contributed by atoms with Crippen molar-refractivity contribution in [2.45, 2.75) is 6.54 Å². The molecule has 1 aromatic heterocycles. The Morgan fingerprint density at radius 1 is 1.06 bits per heavy atom. The third-order valence-corrected chi connectivity index (χ3v) is 4.81. The van der Waals surface area contributed by atoms with Crippen LogP contribution in [0.5, 0.6) is 0 Å². The fourth-order valence-electron chi connectivity index (χ4n) is 3.32. The summed E-state index contributed by atoms with van der Waals surface area (Å²) in [6.07, 6.45) is 3.55. The molecule has 2 aromatic carbocycles. The topological polar surface area (TPSA) is 115 Å². The Labute approximate surface area is 178 Å². The number of carbonyl (C=O) groups is 3. The molecule has 0 aliphatic carbocycles. The average Bonchev–Trinajstić information content (AvgIpc) is 3.36. The van der Waals surface area contributed by atoms with E-state index in [1.54, 1.807) is 42.6 Å². The van der Waals surface area contributed by atoms with E-state index in [2.05, 4.69) is 26.3 Å². The summed E-state index contributed by atoms with van der Waals surface area (Å²) in [6.45, 7) is 0.694. The molecule has 4 rings (SSSR count). The predicted octanol–water partition coefficient (Wildman–Crippen LogP) is 3.19. The predicted molar refractivity (Wildman–Crippen MR) is 119 cm³/mol. The highest BCUT2D eigenvalue weighted by atomic mass is 16.2. The fraction of sp³-hybridized carbons (Fsp3) is 0.0870. The molecule has 8 heteroatoms. The number of fused-ring (bicyclic) bond motifs is 1. The number of rotatable bonds is 5. The molecule has 5 N–H and O–H groups in total. The third kappa shape index (κ3) is 4.54. The van der Waals surface area contributed by atoms with Crippen LogP contribution in [-0.4, -0.2) is 29.9 Å². The van der Waals surface area contributed by atoms with Crippen LogP contribution in [0.15, 0.2) is 60.8 Å². The summed E-state index contributed by atoms with van der Waals surface area (Å²) >= 11 is 0. The standard InChI is InChI=1S/C23H21N5O3/c1-24-13-14-4-6-15(7-5-14)21(29)28-23(31)26-17-8-9-18-19(11-16-3-2-10-25-16)22(30)27-20(18)12-17/h2-12,24-25H,13H2,1H3,(H,27,30)(H2,26,28,29,31)/b19-11-. The maximum Gasteiger partial charge on any atom is 0.326 e. The molecule has 31 heavy (non-hydrogen) atoms. The van der Waals surface area contributed by atoms with Crippen LogP contribution in [0.1, 0.15) is 27.2 Å². The molecule has 0 atom stereocenters. The molecule has 4 amide bonds. The first-order chi connectivity index (χ1) is 15.0. The van der Waals surface area contributed by atoms with Gasteiger partial charge in [0.1, 0.15) is 0 Å². The smallest absolute Gasteiger partial charge is 0.326 e. The van der Waals surface area contributed by atoms with Crippen molar-refractivity contribution in [1.29, 1.82) is 0 Å². The summed E-state index contributed by atoms with van der Waals surface area (Å²) in [6, 6.07) is 15.1. The van der Waals surface area contributed by atoms with E-state index in [1.165, 1.54) is 0 Å². The lowest BCUT2D eigenvalue weighted by molar-refractivity contribution is -0.110. The minimum absolute atomic E-state index is 0.219. The molecule has 3 aromatic rings. The number of aromatic amines is 1. The minimum Gasteiger partial charge on any atom is -0.362 e. The second-order valence-electron chi connectivity index (χ2n) is 7.03. The first-order valence-electron chi connectivity index (χ1n) is 9.70. The van der Waals surface area contributed by atoms with E-state index in [0.29, 0.717) is 29.1 Å². The number of amides is 4.